The summed E-state index contributed by atoms with van der Waals surface area (Å²) in [6, 6.07) is 7.95. The predicted octanol–water partition coefficient (Wildman–Crippen LogP) is 3.87. The van der Waals surface area contributed by atoms with Crippen LogP contribution in [0.2, 0.25) is 0 Å². The molecule has 0 radical (unpaired) electrons. The van der Waals surface area contributed by atoms with E-state index in [0.29, 0.717) is 6.61 Å². The normalized spacial score (nSPS) is 15.4. The van der Waals surface area contributed by atoms with E-state index in [1.165, 1.54) is 5.56 Å². The van der Waals surface area contributed by atoms with Crippen LogP contribution in [0.5, 0.6) is 0 Å². The Kier molecular flexibility index (Phi) is 5.36. The maximum atomic E-state index is 10.2. The third kappa shape index (κ3) is 5.19. The van der Waals surface area contributed by atoms with E-state index in [4.69, 9.17) is 4.74 Å². The first kappa shape index (κ1) is 15.2. The van der Waals surface area contributed by atoms with Crippen LogP contribution in [0.15, 0.2) is 24.3 Å². The quantitative estimate of drug-likeness (QED) is 0.859. The van der Waals surface area contributed by atoms with E-state index < -0.39 is 6.10 Å². The van der Waals surface area contributed by atoms with Crippen molar-refractivity contribution in [3.8, 4) is 0 Å². The van der Waals surface area contributed by atoms with Crippen LogP contribution in [0.3, 0.4) is 0 Å². The Balaban J connectivity index is 2.46. The second kappa shape index (κ2) is 6.35. The highest BCUT2D eigenvalue weighted by molar-refractivity contribution is 5.23. The summed E-state index contributed by atoms with van der Waals surface area (Å²) in [5.41, 5.74) is 2.39. The van der Waals surface area contributed by atoms with Crippen molar-refractivity contribution in [3.05, 3.63) is 35.4 Å². The van der Waals surface area contributed by atoms with Gasteiger partial charge in [-0.05, 0) is 31.2 Å². The first-order chi connectivity index (χ1) is 8.29. The summed E-state index contributed by atoms with van der Waals surface area (Å²) in [5, 5.41) is 10.2. The smallest absolute Gasteiger partial charge is 0.105 e. The number of aryl methyl sites for hydroxylation is 1. The van der Waals surface area contributed by atoms with Crippen LogP contribution in [0.25, 0.3) is 0 Å². The molecule has 1 N–H and O–H groups in total. The summed E-state index contributed by atoms with van der Waals surface area (Å²) in [6.45, 7) is 11.2. The summed E-state index contributed by atoms with van der Waals surface area (Å²) in [5.74, 6) is 0. The first-order valence-electron chi connectivity index (χ1n) is 6.66. The Morgan fingerprint density at radius 1 is 1.17 bits per heavy atom. The molecule has 0 fully saturated rings. The summed E-state index contributed by atoms with van der Waals surface area (Å²) in [7, 11) is 0. The van der Waals surface area contributed by atoms with Gasteiger partial charge in [-0.3, -0.25) is 0 Å². The zero-order valence-corrected chi connectivity index (χ0v) is 12.2. The fraction of sp³-hybridized carbons (Fsp3) is 0.625. The zero-order valence-electron chi connectivity index (χ0n) is 12.2. The molecule has 0 aliphatic rings. The molecule has 2 heteroatoms. The Morgan fingerprint density at radius 3 is 2.22 bits per heavy atom. The van der Waals surface area contributed by atoms with Gasteiger partial charge < -0.3 is 9.84 Å². The summed E-state index contributed by atoms with van der Waals surface area (Å²) < 4.78 is 5.71. The van der Waals surface area contributed by atoms with Crippen LogP contribution in [-0.4, -0.2) is 17.8 Å². The monoisotopic (exact) mass is 250 g/mol. The van der Waals surface area contributed by atoms with Crippen LogP contribution in [0, 0.1) is 12.3 Å². The van der Waals surface area contributed by atoms with E-state index in [1.807, 2.05) is 38.1 Å². The highest BCUT2D eigenvalue weighted by Gasteiger charge is 2.18. The van der Waals surface area contributed by atoms with E-state index >= 15 is 0 Å². The maximum absolute atomic E-state index is 10.2. The third-order valence-corrected chi connectivity index (χ3v) is 3.10. The Labute approximate surface area is 111 Å². The van der Waals surface area contributed by atoms with Crippen LogP contribution in [-0.2, 0) is 4.74 Å². The van der Waals surface area contributed by atoms with Crippen molar-refractivity contribution >= 4 is 0 Å². The van der Waals surface area contributed by atoms with Crippen LogP contribution < -0.4 is 0 Å². The van der Waals surface area contributed by atoms with Gasteiger partial charge in [-0.15, -0.1) is 0 Å². The number of aliphatic hydroxyl groups is 1. The van der Waals surface area contributed by atoms with Gasteiger partial charge in [0.05, 0.1) is 6.10 Å². The van der Waals surface area contributed by atoms with Crippen LogP contribution in [0.4, 0.5) is 0 Å². The Bertz CT molecular complexity index is 348. The molecule has 102 valence electrons. The lowest BCUT2D eigenvalue weighted by molar-refractivity contribution is -0.0350. The lowest BCUT2D eigenvalue weighted by atomic mass is 9.93. The molecule has 0 saturated carbocycles. The van der Waals surface area contributed by atoms with Gasteiger partial charge in [0.25, 0.3) is 0 Å². The second-order valence-electron chi connectivity index (χ2n) is 6.24. The van der Waals surface area contributed by atoms with E-state index in [1.54, 1.807) is 0 Å². The molecule has 1 aromatic carbocycles. The first-order valence-corrected chi connectivity index (χ1v) is 6.66. The molecule has 1 aromatic rings. The number of hydrogen-bond donors (Lipinski definition) is 1. The molecule has 0 aliphatic carbocycles. The van der Waals surface area contributed by atoms with Gasteiger partial charge >= 0.3 is 0 Å². The third-order valence-electron chi connectivity index (χ3n) is 3.10. The molecule has 0 aliphatic heterocycles. The van der Waals surface area contributed by atoms with Gasteiger partial charge in [0.1, 0.15) is 6.10 Å². The van der Waals surface area contributed by atoms with E-state index in [0.717, 1.165) is 12.0 Å². The molecule has 0 bridgehead atoms. The van der Waals surface area contributed by atoms with Gasteiger partial charge in [-0.2, -0.15) is 0 Å². The molecular formula is C16H26O2. The molecule has 2 atom stereocenters. The van der Waals surface area contributed by atoms with Crippen molar-refractivity contribution in [3.63, 3.8) is 0 Å². The molecule has 2 nitrogen and oxygen atoms in total. The fourth-order valence-electron chi connectivity index (χ4n) is 1.68. The standard InChI is InChI=1S/C16H26O2/c1-12-6-8-14(9-7-12)15(17)13(2)18-11-10-16(3,4)5/h6-9,13,15,17H,10-11H2,1-5H3. The molecule has 0 heterocycles. The minimum Gasteiger partial charge on any atom is -0.386 e. The van der Waals surface area contributed by atoms with E-state index in [2.05, 4.69) is 20.8 Å². The molecule has 0 saturated heterocycles. The fourth-order valence-corrected chi connectivity index (χ4v) is 1.68. The average molecular weight is 250 g/mol. The van der Waals surface area contributed by atoms with Crippen molar-refractivity contribution in [1.29, 1.82) is 0 Å². The number of rotatable bonds is 5. The van der Waals surface area contributed by atoms with Gasteiger partial charge in [0, 0.05) is 6.61 Å². The second-order valence-corrected chi connectivity index (χ2v) is 6.24. The van der Waals surface area contributed by atoms with Gasteiger partial charge in [-0.25, -0.2) is 0 Å². The van der Waals surface area contributed by atoms with Gasteiger partial charge in [0.2, 0.25) is 0 Å². The van der Waals surface area contributed by atoms with Crippen molar-refractivity contribution < 1.29 is 9.84 Å². The lowest BCUT2D eigenvalue weighted by Gasteiger charge is -2.23. The van der Waals surface area contributed by atoms with Crippen molar-refractivity contribution in [2.75, 3.05) is 6.61 Å². The summed E-state index contributed by atoms with van der Waals surface area (Å²) in [4.78, 5) is 0. The molecule has 0 amide bonds. The van der Waals surface area contributed by atoms with Crippen LogP contribution in [0.1, 0.15) is 51.3 Å². The molecule has 2 unspecified atom stereocenters. The maximum Gasteiger partial charge on any atom is 0.105 e. The Hall–Kier alpha value is -0.860. The molecular weight excluding hydrogens is 224 g/mol. The topological polar surface area (TPSA) is 29.5 Å². The van der Waals surface area contributed by atoms with Crippen molar-refractivity contribution in [2.24, 2.45) is 5.41 Å². The minimum absolute atomic E-state index is 0.171. The molecule has 0 aromatic heterocycles. The van der Waals surface area contributed by atoms with E-state index in [9.17, 15) is 5.11 Å². The van der Waals surface area contributed by atoms with E-state index in [-0.39, 0.29) is 11.5 Å². The highest BCUT2D eigenvalue weighted by Crippen LogP contribution is 2.22. The molecule has 0 spiro atoms. The van der Waals surface area contributed by atoms with Crippen molar-refractivity contribution in [1.82, 2.24) is 0 Å². The van der Waals surface area contributed by atoms with Gasteiger partial charge in [-0.1, -0.05) is 50.6 Å². The number of aliphatic hydroxyl groups excluding tert-OH is 1. The largest absolute Gasteiger partial charge is 0.386 e. The van der Waals surface area contributed by atoms with Crippen LogP contribution >= 0.6 is 0 Å². The summed E-state index contributed by atoms with van der Waals surface area (Å²) in [6.07, 6.45) is 0.276. The number of ether oxygens (including phenoxy) is 1. The lowest BCUT2D eigenvalue weighted by Crippen LogP contribution is -2.21. The number of hydrogen-bond acceptors (Lipinski definition) is 2. The van der Waals surface area contributed by atoms with Crippen molar-refractivity contribution in [2.45, 2.75) is 53.2 Å². The van der Waals surface area contributed by atoms with Gasteiger partial charge in [0.15, 0.2) is 0 Å². The molecule has 18 heavy (non-hydrogen) atoms. The zero-order chi connectivity index (χ0) is 13.8. The Morgan fingerprint density at radius 2 is 1.72 bits per heavy atom. The summed E-state index contributed by atoms with van der Waals surface area (Å²) >= 11 is 0. The average Bonchev–Trinajstić information content (AvgIpc) is 2.27. The molecule has 1 rings (SSSR count). The number of benzene rings is 1. The highest BCUT2D eigenvalue weighted by atomic mass is 16.5. The minimum atomic E-state index is -0.550. The SMILES string of the molecule is Cc1ccc(C(O)C(C)OCCC(C)(C)C)cc1. The predicted molar refractivity (Wildman–Crippen MR) is 75.6 cm³/mol.